The van der Waals surface area contributed by atoms with Gasteiger partial charge in [-0.3, -0.25) is 9.69 Å². The van der Waals surface area contributed by atoms with Crippen LogP contribution in [0.25, 0.3) is 0 Å². The largest absolute Gasteiger partial charge is 0.491 e. The first kappa shape index (κ1) is 19.2. The smallest absolute Gasteiger partial charge is 0.310 e. The molecular formula is C19H26N2O4. The minimum absolute atomic E-state index is 0.102. The van der Waals surface area contributed by atoms with E-state index in [0.29, 0.717) is 31.9 Å². The number of nitrogens with zero attached hydrogens (tertiary/aromatic N) is 2. The van der Waals surface area contributed by atoms with Crippen LogP contribution in [0.5, 0.6) is 5.75 Å². The number of hydrogen-bond acceptors (Lipinski definition) is 6. The average molecular weight is 346 g/mol. The Morgan fingerprint density at radius 1 is 1.44 bits per heavy atom. The van der Waals surface area contributed by atoms with Crippen molar-refractivity contribution in [1.29, 1.82) is 5.26 Å². The maximum atomic E-state index is 11.9. The highest BCUT2D eigenvalue weighted by molar-refractivity contribution is 5.72. The van der Waals surface area contributed by atoms with E-state index in [1.165, 1.54) is 0 Å². The minimum atomic E-state index is -0.625. The highest BCUT2D eigenvalue weighted by Gasteiger charge is 2.27. The topological polar surface area (TPSA) is 82.8 Å². The average Bonchev–Trinajstić information content (AvgIpc) is 2.62. The predicted molar refractivity (Wildman–Crippen MR) is 93.1 cm³/mol. The molecule has 0 bridgehead atoms. The zero-order valence-electron chi connectivity index (χ0n) is 14.7. The van der Waals surface area contributed by atoms with Gasteiger partial charge < -0.3 is 14.6 Å². The fraction of sp³-hybridized carbons (Fsp3) is 0.579. The molecule has 2 atom stereocenters. The molecule has 6 heteroatoms. The number of esters is 1. The Labute approximate surface area is 149 Å². The summed E-state index contributed by atoms with van der Waals surface area (Å²) in [6.07, 6.45) is 1.52. The molecule has 1 aromatic rings. The van der Waals surface area contributed by atoms with E-state index in [4.69, 9.17) is 14.7 Å². The van der Waals surface area contributed by atoms with Gasteiger partial charge in [0.2, 0.25) is 0 Å². The lowest BCUT2D eigenvalue weighted by Crippen LogP contribution is -2.44. The van der Waals surface area contributed by atoms with Gasteiger partial charge in [0, 0.05) is 13.1 Å². The summed E-state index contributed by atoms with van der Waals surface area (Å²) in [5.41, 5.74) is 0.939. The van der Waals surface area contributed by atoms with E-state index in [2.05, 4.69) is 11.0 Å². The zero-order chi connectivity index (χ0) is 18.1. The van der Waals surface area contributed by atoms with Crippen molar-refractivity contribution in [2.45, 2.75) is 32.3 Å². The van der Waals surface area contributed by atoms with Crippen molar-refractivity contribution >= 4 is 5.97 Å². The number of carbonyl (C=O) groups excluding carboxylic acids is 1. The number of likely N-dealkylation sites (tertiary alicyclic amines) is 1. The Hall–Kier alpha value is -2.10. The molecule has 25 heavy (non-hydrogen) atoms. The molecule has 136 valence electrons. The molecule has 2 rings (SSSR count). The first-order valence-corrected chi connectivity index (χ1v) is 8.78. The Morgan fingerprint density at radius 3 is 2.88 bits per heavy atom. The van der Waals surface area contributed by atoms with Crippen LogP contribution in [0.1, 0.15) is 25.3 Å². The van der Waals surface area contributed by atoms with Crippen LogP contribution >= 0.6 is 0 Å². The Balaban J connectivity index is 1.74. The Morgan fingerprint density at radius 2 is 2.20 bits per heavy atom. The number of carbonyl (C=O) groups is 1. The van der Waals surface area contributed by atoms with Gasteiger partial charge in [0.15, 0.2) is 0 Å². The number of benzene rings is 1. The van der Waals surface area contributed by atoms with Gasteiger partial charge in [0.1, 0.15) is 18.5 Å². The fourth-order valence-corrected chi connectivity index (χ4v) is 3.01. The van der Waals surface area contributed by atoms with Crippen molar-refractivity contribution in [2.75, 3.05) is 32.8 Å². The molecule has 1 fully saturated rings. The third-order valence-electron chi connectivity index (χ3n) is 4.24. The van der Waals surface area contributed by atoms with Gasteiger partial charge in [-0.05, 0) is 44.0 Å². The van der Waals surface area contributed by atoms with E-state index in [1.807, 2.05) is 19.1 Å². The van der Waals surface area contributed by atoms with Crippen molar-refractivity contribution in [3.63, 3.8) is 0 Å². The van der Waals surface area contributed by atoms with Crippen molar-refractivity contribution in [2.24, 2.45) is 5.92 Å². The zero-order valence-corrected chi connectivity index (χ0v) is 14.7. The van der Waals surface area contributed by atoms with Crippen LogP contribution in [0.2, 0.25) is 0 Å². The van der Waals surface area contributed by atoms with Crippen LogP contribution in [-0.2, 0) is 16.0 Å². The standard InChI is InChI=1S/C19H26N2O4/c1-2-24-19(23)16-4-3-11-21(12-16)13-17(22)14-25-18-7-5-15(6-8-18)9-10-20/h5-8,16-17,22H,2-4,9,11-14H2,1H3/t16-,17-/m0/s1. The molecule has 0 spiro atoms. The summed E-state index contributed by atoms with van der Waals surface area (Å²) in [7, 11) is 0. The Kier molecular flexibility index (Phi) is 7.71. The molecule has 1 aliphatic heterocycles. The van der Waals surface area contributed by atoms with Crippen molar-refractivity contribution in [3.05, 3.63) is 29.8 Å². The van der Waals surface area contributed by atoms with Gasteiger partial charge in [-0.25, -0.2) is 0 Å². The first-order chi connectivity index (χ1) is 12.1. The maximum Gasteiger partial charge on any atom is 0.310 e. The first-order valence-electron chi connectivity index (χ1n) is 8.78. The second kappa shape index (κ2) is 10.0. The van der Waals surface area contributed by atoms with Gasteiger partial charge in [0.05, 0.1) is 25.0 Å². The van der Waals surface area contributed by atoms with Crippen LogP contribution in [0.4, 0.5) is 0 Å². The van der Waals surface area contributed by atoms with E-state index in [-0.39, 0.29) is 18.5 Å². The van der Waals surface area contributed by atoms with Crippen molar-refractivity contribution in [1.82, 2.24) is 4.90 Å². The summed E-state index contributed by atoms with van der Waals surface area (Å²) in [6, 6.07) is 9.40. The normalized spacial score (nSPS) is 19.0. The molecule has 1 saturated heterocycles. The number of hydrogen-bond donors (Lipinski definition) is 1. The molecule has 1 aromatic carbocycles. The molecule has 0 saturated carbocycles. The van der Waals surface area contributed by atoms with Crippen molar-refractivity contribution in [3.8, 4) is 11.8 Å². The third kappa shape index (κ3) is 6.37. The molecule has 0 aromatic heterocycles. The summed E-state index contributed by atoms with van der Waals surface area (Å²) in [6.45, 7) is 4.38. The monoisotopic (exact) mass is 346 g/mol. The fourth-order valence-electron chi connectivity index (χ4n) is 3.01. The minimum Gasteiger partial charge on any atom is -0.491 e. The van der Waals surface area contributed by atoms with E-state index >= 15 is 0 Å². The van der Waals surface area contributed by atoms with E-state index in [0.717, 1.165) is 24.9 Å². The van der Waals surface area contributed by atoms with Gasteiger partial charge >= 0.3 is 5.97 Å². The molecule has 1 N–H and O–H groups in total. The second-order valence-electron chi connectivity index (χ2n) is 6.29. The van der Waals surface area contributed by atoms with Crippen LogP contribution in [0.15, 0.2) is 24.3 Å². The molecule has 1 aliphatic rings. The molecule has 0 unspecified atom stereocenters. The van der Waals surface area contributed by atoms with E-state index in [9.17, 15) is 9.90 Å². The lowest BCUT2D eigenvalue weighted by Gasteiger charge is -2.32. The molecule has 0 radical (unpaired) electrons. The van der Waals surface area contributed by atoms with E-state index in [1.54, 1.807) is 12.1 Å². The maximum absolute atomic E-state index is 11.9. The summed E-state index contributed by atoms with van der Waals surface area (Å²) < 4.78 is 10.7. The number of aliphatic hydroxyl groups excluding tert-OH is 1. The lowest BCUT2D eigenvalue weighted by molar-refractivity contribution is -0.150. The van der Waals surface area contributed by atoms with Crippen LogP contribution in [0, 0.1) is 17.2 Å². The predicted octanol–water partition coefficient (Wildman–Crippen LogP) is 1.77. The molecular weight excluding hydrogens is 320 g/mol. The number of ether oxygens (including phenoxy) is 2. The number of β-amino-alcohol motifs (C(OH)–C–C–N with tert-alkyl or cyclic N) is 1. The SMILES string of the molecule is CCOC(=O)[C@H]1CCCN(C[C@H](O)COc2ccc(CC#N)cc2)C1. The number of nitriles is 1. The summed E-state index contributed by atoms with van der Waals surface area (Å²) >= 11 is 0. The second-order valence-corrected chi connectivity index (χ2v) is 6.29. The molecule has 0 amide bonds. The van der Waals surface area contributed by atoms with Crippen LogP contribution in [-0.4, -0.2) is 54.9 Å². The summed E-state index contributed by atoms with van der Waals surface area (Å²) in [5, 5.41) is 18.9. The number of aliphatic hydroxyl groups is 1. The molecule has 0 aliphatic carbocycles. The number of piperidine rings is 1. The molecule has 1 heterocycles. The summed E-state index contributed by atoms with van der Waals surface area (Å²) in [5.74, 6) is 0.425. The summed E-state index contributed by atoms with van der Waals surface area (Å²) in [4.78, 5) is 14.0. The van der Waals surface area contributed by atoms with Crippen molar-refractivity contribution < 1.29 is 19.4 Å². The van der Waals surface area contributed by atoms with Crippen LogP contribution < -0.4 is 4.74 Å². The van der Waals surface area contributed by atoms with Gasteiger partial charge in [-0.15, -0.1) is 0 Å². The quantitative estimate of drug-likeness (QED) is 0.722. The van der Waals surface area contributed by atoms with Gasteiger partial charge in [-0.1, -0.05) is 12.1 Å². The third-order valence-corrected chi connectivity index (χ3v) is 4.24. The Bertz CT molecular complexity index is 582. The van der Waals surface area contributed by atoms with Crippen LogP contribution in [0.3, 0.4) is 0 Å². The van der Waals surface area contributed by atoms with E-state index < -0.39 is 6.10 Å². The highest BCUT2D eigenvalue weighted by Crippen LogP contribution is 2.18. The molecule has 6 nitrogen and oxygen atoms in total. The highest BCUT2D eigenvalue weighted by atomic mass is 16.5. The lowest BCUT2D eigenvalue weighted by atomic mass is 9.98. The van der Waals surface area contributed by atoms with Gasteiger partial charge in [-0.2, -0.15) is 5.26 Å². The number of rotatable bonds is 8. The van der Waals surface area contributed by atoms with Gasteiger partial charge in [0.25, 0.3) is 0 Å².